The van der Waals surface area contributed by atoms with Crippen LogP contribution in [0, 0.1) is 0 Å². The molecule has 4 rings (SSSR count). The second-order valence-corrected chi connectivity index (χ2v) is 4.39. The van der Waals surface area contributed by atoms with E-state index in [2.05, 4.69) is 17.1 Å². The zero-order valence-electron chi connectivity index (χ0n) is 10.1. The molecule has 4 aromatic rings. The predicted molar refractivity (Wildman–Crippen MR) is 74.7 cm³/mol. The van der Waals surface area contributed by atoms with Crippen molar-refractivity contribution in [3.05, 3.63) is 61.0 Å². The van der Waals surface area contributed by atoms with E-state index >= 15 is 0 Å². The minimum absolute atomic E-state index is 0.785. The molecule has 0 aliphatic carbocycles. The molecule has 3 heteroatoms. The molecule has 2 aromatic carbocycles. The highest BCUT2D eigenvalue weighted by atomic mass is 16.3. The van der Waals surface area contributed by atoms with Crippen LogP contribution in [0.25, 0.3) is 33.3 Å². The number of aromatic nitrogens is 2. The Hall–Kier alpha value is -2.68. The molecule has 0 aliphatic rings. The Morgan fingerprint density at radius 3 is 2.79 bits per heavy atom. The maximum absolute atomic E-state index is 5.33. The highest BCUT2D eigenvalue weighted by molar-refractivity contribution is 5.91. The number of benzene rings is 2. The molecule has 0 aliphatic heterocycles. The Balaban J connectivity index is 2.01. The first kappa shape index (κ1) is 10.3. The molecule has 90 valence electrons. The van der Waals surface area contributed by atoms with Gasteiger partial charge < -0.3 is 4.42 Å². The van der Waals surface area contributed by atoms with Crippen molar-refractivity contribution in [2.24, 2.45) is 0 Å². The van der Waals surface area contributed by atoms with Gasteiger partial charge in [0.25, 0.3) is 0 Å². The van der Waals surface area contributed by atoms with Crippen molar-refractivity contribution >= 4 is 22.0 Å². The van der Waals surface area contributed by atoms with Crippen LogP contribution in [-0.2, 0) is 0 Å². The first-order valence-corrected chi connectivity index (χ1v) is 6.10. The topological polar surface area (TPSA) is 38.9 Å². The van der Waals surface area contributed by atoms with Gasteiger partial charge >= 0.3 is 0 Å². The van der Waals surface area contributed by atoms with Crippen LogP contribution < -0.4 is 0 Å². The largest absolute Gasteiger partial charge is 0.443 e. The quantitative estimate of drug-likeness (QED) is 0.508. The van der Waals surface area contributed by atoms with Crippen LogP contribution in [0.1, 0.15) is 0 Å². The summed E-state index contributed by atoms with van der Waals surface area (Å²) in [6, 6.07) is 18.1. The van der Waals surface area contributed by atoms with Gasteiger partial charge in [-0.15, -0.1) is 0 Å². The minimum Gasteiger partial charge on any atom is -0.443 e. The van der Waals surface area contributed by atoms with Crippen LogP contribution >= 0.6 is 0 Å². The Labute approximate surface area is 109 Å². The lowest BCUT2D eigenvalue weighted by molar-refractivity contribution is 0.602. The molecule has 0 fully saturated rings. The summed E-state index contributed by atoms with van der Waals surface area (Å²) in [5, 5.41) is 1.14. The van der Waals surface area contributed by atoms with Crippen LogP contribution in [0.15, 0.2) is 65.4 Å². The fraction of sp³-hybridized carbons (Fsp3) is 0. The van der Waals surface area contributed by atoms with Crippen molar-refractivity contribution in [1.29, 1.82) is 0 Å². The third kappa shape index (κ3) is 1.59. The monoisotopic (exact) mass is 246 g/mol. The summed E-state index contributed by atoms with van der Waals surface area (Å²) in [5.74, 6) is 0. The highest BCUT2D eigenvalue weighted by Gasteiger charge is 2.08. The zero-order valence-corrected chi connectivity index (χ0v) is 10.1. The Kier molecular flexibility index (Phi) is 2.12. The van der Waals surface area contributed by atoms with Gasteiger partial charge in [-0.1, -0.05) is 36.4 Å². The molecule has 2 heterocycles. The van der Waals surface area contributed by atoms with Gasteiger partial charge in [0, 0.05) is 10.9 Å². The molecule has 2 aromatic heterocycles. The van der Waals surface area contributed by atoms with Gasteiger partial charge in [-0.05, 0) is 18.2 Å². The lowest BCUT2D eigenvalue weighted by Gasteiger charge is -2.03. The molecule has 0 saturated heterocycles. The minimum atomic E-state index is 0.785. The number of hydrogen-bond acceptors (Lipinski definition) is 3. The summed E-state index contributed by atoms with van der Waals surface area (Å²) in [7, 11) is 0. The lowest BCUT2D eigenvalue weighted by Crippen LogP contribution is -1.86. The van der Waals surface area contributed by atoms with E-state index in [0.717, 1.165) is 33.3 Å². The van der Waals surface area contributed by atoms with E-state index in [4.69, 9.17) is 9.40 Å². The van der Waals surface area contributed by atoms with E-state index in [-0.39, 0.29) is 0 Å². The standard InChI is InChI=1S/C16H10N2O/c1-2-6-13-11(4-1)8-9-14(18-13)12-5-3-7-15-16(12)17-10-19-15/h1-10H. The fourth-order valence-electron chi connectivity index (χ4n) is 2.31. The van der Waals surface area contributed by atoms with E-state index in [1.807, 2.05) is 42.5 Å². The zero-order chi connectivity index (χ0) is 12.7. The second-order valence-electron chi connectivity index (χ2n) is 4.39. The van der Waals surface area contributed by atoms with E-state index < -0.39 is 0 Å². The summed E-state index contributed by atoms with van der Waals surface area (Å²) in [5.41, 5.74) is 4.54. The Bertz CT molecular complexity index is 880. The summed E-state index contributed by atoms with van der Waals surface area (Å²) in [4.78, 5) is 8.96. The Morgan fingerprint density at radius 2 is 1.79 bits per heavy atom. The molecule has 0 amide bonds. The van der Waals surface area contributed by atoms with Crippen LogP contribution in [0.5, 0.6) is 0 Å². The van der Waals surface area contributed by atoms with Crippen LogP contribution in [0.4, 0.5) is 0 Å². The average Bonchev–Trinajstić information content (AvgIpc) is 2.95. The first-order valence-electron chi connectivity index (χ1n) is 6.10. The van der Waals surface area contributed by atoms with Crippen molar-refractivity contribution in [3.63, 3.8) is 0 Å². The van der Waals surface area contributed by atoms with Crippen molar-refractivity contribution < 1.29 is 4.42 Å². The number of para-hydroxylation sites is 2. The third-order valence-corrected chi connectivity index (χ3v) is 3.23. The number of pyridine rings is 1. The van der Waals surface area contributed by atoms with Crippen molar-refractivity contribution in [2.75, 3.05) is 0 Å². The van der Waals surface area contributed by atoms with Crippen molar-refractivity contribution in [2.45, 2.75) is 0 Å². The number of oxazole rings is 1. The summed E-state index contributed by atoms with van der Waals surface area (Å²) < 4.78 is 5.33. The number of hydrogen-bond donors (Lipinski definition) is 0. The third-order valence-electron chi connectivity index (χ3n) is 3.23. The average molecular weight is 246 g/mol. The predicted octanol–water partition coefficient (Wildman–Crippen LogP) is 4.04. The number of nitrogens with zero attached hydrogens (tertiary/aromatic N) is 2. The molecule has 0 saturated carbocycles. The molecule has 0 unspecified atom stereocenters. The van der Waals surface area contributed by atoms with Crippen LogP contribution in [0.3, 0.4) is 0 Å². The molecule has 0 atom stereocenters. The summed E-state index contributed by atoms with van der Waals surface area (Å²) >= 11 is 0. The van der Waals surface area contributed by atoms with Crippen LogP contribution in [0.2, 0.25) is 0 Å². The van der Waals surface area contributed by atoms with Crippen molar-refractivity contribution in [1.82, 2.24) is 9.97 Å². The molecule has 0 N–H and O–H groups in total. The van der Waals surface area contributed by atoms with Gasteiger partial charge in [-0.2, -0.15) is 0 Å². The van der Waals surface area contributed by atoms with Gasteiger partial charge in [0.1, 0.15) is 5.52 Å². The molecular weight excluding hydrogens is 236 g/mol. The Morgan fingerprint density at radius 1 is 0.842 bits per heavy atom. The molecule has 3 nitrogen and oxygen atoms in total. The van der Waals surface area contributed by atoms with Crippen molar-refractivity contribution in [3.8, 4) is 11.3 Å². The number of fused-ring (bicyclic) bond motifs is 2. The van der Waals surface area contributed by atoms with Gasteiger partial charge in [0.15, 0.2) is 12.0 Å². The molecule has 19 heavy (non-hydrogen) atoms. The maximum atomic E-state index is 5.33. The van der Waals surface area contributed by atoms with Gasteiger partial charge in [0.05, 0.1) is 11.2 Å². The maximum Gasteiger partial charge on any atom is 0.182 e. The van der Waals surface area contributed by atoms with E-state index in [0.29, 0.717) is 0 Å². The molecule has 0 bridgehead atoms. The van der Waals surface area contributed by atoms with Crippen LogP contribution in [-0.4, -0.2) is 9.97 Å². The van der Waals surface area contributed by atoms with E-state index in [1.165, 1.54) is 6.39 Å². The van der Waals surface area contributed by atoms with Gasteiger partial charge in [-0.3, -0.25) is 0 Å². The number of rotatable bonds is 1. The second kappa shape index (κ2) is 3.92. The molecule has 0 spiro atoms. The van der Waals surface area contributed by atoms with Gasteiger partial charge in [0.2, 0.25) is 0 Å². The van der Waals surface area contributed by atoms with E-state index in [1.54, 1.807) is 0 Å². The molecular formula is C16H10N2O. The smallest absolute Gasteiger partial charge is 0.182 e. The van der Waals surface area contributed by atoms with E-state index in [9.17, 15) is 0 Å². The summed E-state index contributed by atoms with van der Waals surface area (Å²) in [6.07, 6.45) is 1.47. The summed E-state index contributed by atoms with van der Waals surface area (Å²) in [6.45, 7) is 0. The lowest BCUT2D eigenvalue weighted by atomic mass is 10.1. The molecule has 0 radical (unpaired) electrons. The fourth-order valence-corrected chi connectivity index (χ4v) is 2.31. The normalized spacial score (nSPS) is 11.2. The SMILES string of the molecule is c1ccc2nc(-c3cccc4ocnc34)ccc2c1. The van der Waals surface area contributed by atoms with Gasteiger partial charge in [-0.25, -0.2) is 9.97 Å². The highest BCUT2D eigenvalue weighted by Crippen LogP contribution is 2.27. The first-order chi connectivity index (χ1) is 9.42.